The van der Waals surface area contributed by atoms with Crippen LogP contribution in [0.15, 0.2) is 30.3 Å². The fourth-order valence-electron chi connectivity index (χ4n) is 5.21. The minimum atomic E-state index is -1.85. The van der Waals surface area contributed by atoms with Crippen LogP contribution in [-0.4, -0.2) is 25.9 Å². The van der Waals surface area contributed by atoms with Gasteiger partial charge in [-0.3, -0.25) is 0 Å². The van der Waals surface area contributed by atoms with Crippen molar-refractivity contribution >= 4 is 8.07 Å². The summed E-state index contributed by atoms with van der Waals surface area (Å²) in [6.07, 6.45) is -0.0289. The Morgan fingerprint density at radius 3 is 1.81 bits per heavy atom. The Morgan fingerprint density at radius 2 is 1.48 bits per heavy atom. The molecule has 2 atom stereocenters. The highest BCUT2D eigenvalue weighted by molar-refractivity contribution is 6.86. The van der Waals surface area contributed by atoms with Crippen molar-refractivity contribution in [3.05, 3.63) is 35.9 Å². The van der Waals surface area contributed by atoms with E-state index in [0.717, 1.165) is 0 Å². The van der Waals surface area contributed by atoms with E-state index in [1.807, 2.05) is 0 Å². The molecule has 118 valence electrons. The zero-order valence-corrected chi connectivity index (χ0v) is 15.3. The first-order valence-electron chi connectivity index (χ1n) is 8.19. The zero-order valence-electron chi connectivity index (χ0n) is 14.3. The topological polar surface area (TPSA) is 32.8 Å². The van der Waals surface area contributed by atoms with Gasteiger partial charge < -0.3 is 9.84 Å². The molecule has 1 fully saturated rings. The molecule has 0 radical (unpaired) electrons. The molecule has 0 aromatic heterocycles. The molecule has 1 aliphatic rings. The standard InChI is InChI=1S/C18H30O2Si/c1-13(2)21(14(3)4,15(5)6)18(17(12-19)20-18)16-10-8-7-9-11-16/h7-11,13-15,17,19H,12H2,1-6H3/t17-,18-/m1/s1. The van der Waals surface area contributed by atoms with E-state index in [9.17, 15) is 5.11 Å². The summed E-state index contributed by atoms with van der Waals surface area (Å²) in [5, 5.41) is 9.59. The molecule has 0 spiro atoms. The molecule has 1 saturated heterocycles. The van der Waals surface area contributed by atoms with Gasteiger partial charge in [-0.1, -0.05) is 71.9 Å². The number of hydrogen-bond donors (Lipinski definition) is 1. The third kappa shape index (κ3) is 2.21. The molecule has 2 rings (SSSR count). The fourth-order valence-corrected chi connectivity index (χ4v) is 13.4. The average molecular weight is 307 g/mol. The Balaban J connectivity index is 2.65. The van der Waals surface area contributed by atoms with Crippen molar-refractivity contribution in [2.75, 3.05) is 6.61 Å². The molecule has 1 aromatic rings. The summed E-state index contributed by atoms with van der Waals surface area (Å²) in [5.74, 6) is 0. The van der Waals surface area contributed by atoms with Gasteiger partial charge in [-0.25, -0.2) is 0 Å². The minimum absolute atomic E-state index is 0.0289. The molecule has 21 heavy (non-hydrogen) atoms. The number of benzene rings is 1. The Labute approximate surface area is 130 Å². The molecule has 2 nitrogen and oxygen atoms in total. The fraction of sp³-hybridized carbons (Fsp3) is 0.667. The molecule has 0 aliphatic carbocycles. The predicted molar refractivity (Wildman–Crippen MR) is 91.1 cm³/mol. The highest BCUT2D eigenvalue weighted by Crippen LogP contribution is 2.63. The first-order valence-corrected chi connectivity index (χ1v) is 10.4. The number of epoxide rings is 1. The summed E-state index contributed by atoms with van der Waals surface area (Å²) in [4.78, 5) is 0. The van der Waals surface area contributed by atoms with Crippen molar-refractivity contribution in [3.63, 3.8) is 0 Å². The SMILES string of the molecule is CC(C)[Si](C(C)C)(C(C)C)[C@@]1(c2ccccc2)O[C@@H]1CO. The number of aliphatic hydroxyl groups is 1. The molecule has 1 heterocycles. The Hall–Kier alpha value is -0.643. The van der Waals surface area contributed by atoms with Crippen molar-refractivity contribution in [1.82, 2.24) is 0 Å². The van der Waals surface area contributed by atoms with E-state index in [4.69, 9.17) is 4.74 Å². The van der Waals surface area contributed by atoms with Crippen LogP contribution in [0.1, 0.15) is 47.1 Å². The van der Waals surface area contributed by atoms with Crippen LogP contribution < -0.4 is 0 Å². The number of hydrogen-bond acceptors (Lipinski definition) is 2. The van der Waals surface area contributed by atoms with Crippen LogP contribution in [0.4, 0.5) is 0 Å². The van der Waals surface area contributed by atoms with Crippen molar-refractivity contribution in [1.29, 1.82) is 0 Å². The largest absolute Gasteiger partial charge is 0.394 e. The second-order valence-electron chi connectivity index (χ2n) is 7.29. The van der Waals surface area contributed by atoms with Crippen LogP contribution in [-0.2, 0) is 9.96 Å². The smallest absolute Gasteiger partial charge is 0.112 e. The molecule has 3 heteroatoms. The van der Waals surface area contributed by atoms with Gasteiger partial charge >= 0.3 is 0 Å². The van der Waals surface area contributed by atoms with E-state index in [2.05, 4.69) is 71.9 Å². The third-order valence-electron chi connectivity index (χ3n) is 5.60. The van der Waals surface area contributed by atoms with Crippen molar-refractivity contribution in [2.24, 2.45) is 0 Å². The normalized spacial score (nSPS) is 25.9. The van der Waals surface area contributed by atoms with E-state index >= 15 is 0 Å². The summed E-state index contributed by atoms with van der Waals surface area (Å²) >= 11 is 0. The van der Waals surface area contributed by atoms with Crippen LogP contribution in [0.2, 0.25) is 16.6 Å². The van der Waals surface area contributed by atoms with Gasteiger partial charge in [0.2, 0.25) is 0 Å². The molecular weight excluding hydrogens is 276 g/mol. The van der Waals surface area contributed by atoms with Crippen molar-refractivity contribution in [3.8, 4) is 0 Å². The van der Waals surface area contributed by atoms with Crippen LogP contribution in [0, 0.1) is 0 Å². The van der Waals surface area contributed by atoms with E-state index < -0.39 is 8.07 Å². The van der Waals surface area contributed by atoms with Gasteiger partial charge in [0.15, 0.2) is 0 Å². The molecule has 1 N–H and O–H groups in total. The average Bonchev–Trinajstić information content (AvgIpc) is 3.15. The first kappa shape index (κ1) is 16.7. The van der Waals surface area contributed by atoms with E-state index in [1.54, 1.807) is 0 Å². The molecule has 0 amide bonds. The summed E-state index contributed by atoms with van der Waals surface area (Å²) in [6.45, 7) is 14.2. The first-order chi connectivity index (χ1) is 9.85. The maximum atomic E-state index is 9.81. The van der Waals surface area contributed by atoms with Crippen molar-refractivity contribution in [2.45, 2.75) is 69.5 Å². The van der Waals surface area contributed by atoms with E-state index in [0.29, 0.717) is 16.6 Å². The molecule has 0 bridgehead atoms. The highest BCUT2D eigenvalue weighted by Gasteiger charge is 2.73. The number of ether oxygens (including phenoxy) is 1. The second-order valence-corrected chi connectivity index (χ2v) is 13.4. The molecule has 1 aromatic carbocycles. The molecular formula is C18H30O2Si. The Kier molecular flexibility index (Phi) is 4.67. The lowest BCUT2D eigenvalue weighted by Gasteiger charge is -2.48. The van der Waals surface area contributed by atoms with Gasteiger partial charge in [-0.05, 0) is 22.2 Å². The maximum absolute atomic E-state index is 9.81. The lowest BCUT2D eigenvalue weighted by molar-refractivity contribution is 0.239. The maximum Gasteiger partial charge on any atom is 0.112 e. The quantitative estimate of drug-likeness (QED) is 0.620. The van der Waals surface area contributed by atoms with Gasteiger partial charge in [0.1, 0.15) is 19.4 Å². The van der Waals surface area contributed by atoms with E-state index in [1.165, 1.54) is 5.56 Å². The van der Waals surface area contributed by atoms with Crippen LogP contribution >= 0.6 is 0 Å². The molecule has 0 saturated carbocycles. The van der Waals surface area contributed by atoms with Gasteiger partial charge in [-0.2, -0.15) is 0 Å². The lowest BCUT2D eigenvalue weighted by Crippen LogP contribution is -2.57. The summed E-state index contributed by atoms with van der Waals surface area (Å²) in [6, 6.07) is 10.6. The summed E-state index contributed by atoms with van der Waals surface area (Å²) in [7, 11) is -1.85. The van der Waals surface area contributed by atoms with Crippen LogP contribution in [0.25, 0.3) is 0 Å². The van der Waals surface area contributed by atoms with Gasteiger partial charge in [-0.15, -0.1) is 0 Å². The van der Waals surface area contributed by atoms with Gasteiger partial charge in [0.05, 0.1) is 6.61 Å². The van der Waals surface area contributed by atoms with E-state index in [-0.39, 0.29) is 17.9 Å². The minimum Gasteiger partial charge on any atom is -0.394 e. The Bertz CT molecular complexity index is 448. The number of rotatable bonds is 6. The van der Waals surface area contributed by atoms with Gasteiger partial charge in [0, 0.05) is 0 Å². The van der Waals surface area contributed by atoms with Gasteiger partial charge in [0.25, 0.3) is 0 Å². The summed E-state index contributed by atoms with van der Waals surface area (Å²) < 4.78 is 6.30. The lowest BCUT2D eigenvalue weighted by atomic mass is 10.1. The third-order valence-corrected chi connectivity index (χ3v) is 13.3. The predicted octanol–water partition coefficient (Wildman–Crippen LogP) is 4.49. The van der Waals surface area contributed by atoms with Crippen molar-refractivity contribution < 1.29 is 9.84 Å². The monoisotopic (exact) mass is 306 g/mol. The summed E-state index contributed by atoms with van der Waals surface area (Å²) in [5.41, 5.74) is 3.09. The highest BCUT2D eigenvalue weighted by atomic mass is 28.3. The van der Waals surface area contributed by atoms with Crippen LogP contribution in [0.5, 0.6) is 0 Å². The molecule has 1 aliphatic heterocycles. The zero-order chi connectivity index (χ0) is 15.8. The Morgan fingerprint density at radius 1 is 1.00 bits per heavy atom. The second kappa shape index (κ2) is 5.86. The number of aliphatic hydroxyl groups excluding tert-OH is 1. The van der Waals surface area contributed by atoms with Crippen LogP contribution in [0.3, 0.4) is 0 Å². The molecule has 0 unspecified atom stereocenters.